The molecule has 1 aliphatic carbocycles. The molecule has 1 N–H and O–H groups in total. The summed E-state index contributed by atoms with van der Waals surface area (Å²) in [7, 11) is -3.43. The van der Waals surface area contributed by atoms with Crippen LogP contribution in [0.15, 0.2) is 29.2 Å². The van der Waals surface area contributed by atoms with Gasteiger partial charge in [-0.15, -0.1) is 0 Å². The van der Waals surface area contributed by atoms with Crippen molar-refractivity contribution >= 4 is 10.0 Å². The molecule has 1 saturated carbocycles. The van der Waals surface area contributed by atoms with E-state index >= 15 is 0 Å². The van der Waals surface area contributed by atoms with Crippen LogP contribution in [-0.4, -0.2) is 30.9 Å². The predicted octanol–water partition coefficient (Wildman–Crippen LogP) is 1.81. The smallest absolute Gasteiger partial charge is 0.243 e. The molecule has 5 heteroatoms. The Hall–Kier alpha value is -1.07. The number of phenols is 1. The molecule has 1 saturated heterocycles. The molecule has 0 amide bonds. The fourth-order valence-corrected chi connectivity index (χ4v) is 4.78. The van der Waals surface area contributed by atoms with Crippen molar-refractivity contribution in [3.8, 4) is 5.75 Å². The van der Waals surface area contributed by atoms with E-state index in [-0.39, 0.29) is 10.6 Å². The predicted molar refractivity (Wildman–Crippen MR) is 67.7 cm³/mol. The third kappa shape index (κ3) is 1.91. The van der Waals surface area contributed by atoms with Crippen molar-refractivity contribution in [1.29, 1.82) is 0 Å². The van der Waals surface area contributed by atoms with Gasteiger partial charge in [0.2, 0.25) is 10.0 Å². The largest absolute Gasteiger partial charge is 0.508 e. The maximum Gasteiger partial charge on any atom is 0.243 e. The van der Waals surface area contributed by atoms with Gasteiger partial charge in [-0.1, -0.05) is 12.5 Å². The minimum absolute atomic E-state index is 0.00420. The highest BCUT2D eigenvalue weighted by atomic mass is 32.2. The van der Waals surface area contributed by atoms with Crippen LogP contribution < -0.4 is 0 Å². The summed E-state index contributed by atoms with van der Waals surface area (Å²) in [5, 5.41) is 9.40. The van der Waals surface area contributed by atoms with Crippen LogP contribution in [-0.2, 0) is 10.0 Å². The second kappa shape index (κ2) is 4.24. The van der Waals surface area contributed by atoms with Gasteiger partial charge < -0.3 is 5.11 Å². The van der Waals surface area contributed by atoms with E-state index in [1.54, 1.807) is 16.4 Å². The summed E-state index contributed by atoms with van der Waals surface area (Å²) in [4.78, 5) is 0.197. The third-order valence-electron chi connectivity index (χ3n) is 4.15. The molecule has 98 valence electrons. The average molecular weight is 267 g/mol. The van der Waals surface area contributed by atoms with Crippen molar-refractivity contribution in [2.75, 3.05) is 13.1 Å². The van der Waals surface area contributed by atoms with E-state index in [1.165, 1.54) is 18.6 Å². The molecular weight excluding hydrogens is 250 g/mol. The van der Waals surface area contributed by atoms with Crippen LogP contribution >= 0.6 is 0 Å². The number of hydrogen-bond acceptors (Lipinski definition) is 3. The van der Waals surface area contributed by atoms with E-state index in [1.807, 2.05) is 0 Å². The molecule has 4 nitrogen and oxygen atoms in total. The number of rotatable bonds is 2. The molecule has 2 unspecified atom stereocenters. The number of hydrogen-bond donors (Lipinski definition) is 1. The highest BCUT2D eigenvalue weighted by Crippen LogP contribution is 2.39. The number of phenolic OH excluding ortho intramolecular Hbond substituents is 1. The Morgan fingerprint density at radius 3 is 2.44 bits per heavy atom. The Morgan fingerprint density at radius 2 is 1.83 bits per heavy atom. The van der Waals surface area contributed by atoms with E-state index in [9.17, 15) is 13.5 Å². The second-order valence-electron chi connectivity index (χ2n) is 5.27. The molecule has 0 aromatic heterocycles. The molecule has 2 aliphatic rings. The first-order valence-electron chi connectivity index (χ1n) is 6.36. The van der Waals surface area contributed by atoms with Gasteiger partial charge in [0, 0.05) is 13.1 Å². The van der Waals surface area contributed by atoms with Crippen LogP contribution in [0.3, 0.4) is 0 Å². The summed E-state index contributed by atoms with van der Waals surface area (Å²) in [5.74, 6) is 1.07. The number of fused-ring (bicyclic) bond motifs is 1. The molecule has 0 bridgehead atoms. The first kappa shape index (κ1) is 12.0. The van der Waals surface area contributed by atoms with E-state index in [0.717, 1.165) is 12.8 Å². The molecule has 2 fully saturated rings. The maximum absolute atomic E-state index is 12.4. The van der Waals surface area contributed by atoms with E-state index in [2.05, 4.69) is 0 Å². The first-order valence-corrected chi connectivity index (χ1v) is 7.80. The van der Waals surface area contributed by atoms with Gasteiger partial charge in [0.05, 0.1) is 4.90 Å². The number of sulfonamides is 1. The highest BCUT2D eigenvalue weighted by molar-refractivity contribution is 7.89. The Bertz CT molecular complexity index is 543. The fraction of sp³-hybridized carbons (Fsp3) is 0.538. The highest BCUT2D eigenvalue weighted by Gasteiger charge is 2.41. The van der Waals surface area contributed by atoms with Gasteiger partial charge in [0.1, 0.15) is 5.75 Å². The van der Waals surface area contributed by atoms with Crippen LogP contribution in [0.2, 0.25) is 0 Å². The lowest BCUT2D eigenvalue weighted by Crippen LogP contribution is -2.29. The molecule has 1 aliphatic heterocycles. The van der Waals surface area contributed by atoms with E-state index < -0.39 is 10.0 Å². The first-order chi connectivity index (χ1) is 8.57. The Labute approximate surface area is 107 Å². The van der Waals surface area contributed by atoms with Crippen LogP contribution in [0.5, 0.6) is 5.75 Å². The molecule has 1 aromatic rings. The normalized spacial score (nSPS) is 28.4. The topological polar surface area (TPSA) is 57.6 Å². The molecule has 18 heavy (non-hydrogen) atoms. The lowest BCUT2D eigenvalue weighted by molar-refractivity contribution is 0.443. The molecule has 3 rings (SSSR count). The monoisotopic (exact) mass is 267 g/mol. The van der Waals surface area contributed by atoms with Gasteiger partial charge in [0.15, 0.2) is 0 Å². The molecule has 0 radical (unpaired) electrons. The van der Waals surface area contributed by atoms with Gasteiger partial charge >= 0.3 is 0 Å². The summed E-state index contributed by atoms with van der Waals surface area (Å²) >= 11 is 0. The molecular formula is C13H17NO3S. The number of benzene rings is 1. The standard InChI is InChI=1S/C13H17NO3S/c15-12-5-2-6-13(7-12)18(16,17)14-8-10-3-1-4-11(10)9-14/h2,5-7,10-11,15H,1,3-4,8-9H2. The zero-order valence-electron chi connectivity index (χ0n) is 10.1. The van der Waals surface area contributed by atoms with Crippen molar-refractivity contribution in [3.63, 3.8) is 0 Å². The SMILES string of the molecule is O=S(=O)(c1cccc(O)c1)N1CC2CCCC2C1. The molecule has 0 spiro atoms. The maximum atomic E-state index is 12.4. The van der Waals surface area contributed by atoms with Crippen LogP contribution in [0.1, 0.15) is 19.3 Å². The minimum Gasteiger partial charge on any atom is -0.508 e. The van der Waals surface area contributed by atoms with Gasteiger partial charge in [-0.05, 0) is 42.9 Å². The summed E-state index contributed by atoms with van der Waals surface area (Å²) in [6, 6.07) is 5.92. The zero-order chi connectivity index (χ0) is 12.8. The van der Waals surface area contributed by atoms with Gasteiger partial charge in [-0.25, -0.2) is 8.42 Å². The molecule has 1 aromatic carbocycles. The Kier molecular flexibility index (Phi) is 2.83. The van der Waals surface area contributed by atoms with Crippen molar-refractivity contribution in [2.24, 2.45) is 11.8 Å². The lowest BCUT2D eigenvalue weighted by Gasteiger charge is -2.17. The quantitative estimate of drug-likeness (QED) is 0.889. The van der Waals surface area contributed by atoms with E-state index in [4.69, 9.17) is 0 Å². The van der Waals surface area contributed by atoms with E-state index in [0.29, 0.717) is 24.9 Å². The van der Waals surface area contributed by atoms with Gasteiger partial charge in [-0.3, -0.25) is 0 Å². The van der Waals surface area contributed by atoms with Crippen molar-refractivity contribution < 1.29 is 13.5 Å². The van der Waals surface area contributed by atoms with Gasteiger partial charge in [-0.2, -0.15) is 4.31 Å². The van der Waals surface area contributed by atoms with Gasteiger partial charge in [0.25, 0.3) is 0 Å². The number of aromatic hydroxyl groups is 1. The summed E-state index contributed by atoms with van der Waals surface area (Å²) in [5.41, 5.74) is 0. The number of nitrogens with zero attached hydrogens (tertiary/aromatic N) is 1. The summed E-state index contributed by atoms with van der Waals surface area (Å²) in [6.07, 6.45) is 3.53. The molecule has 1 heterocycles. The minimum atomic E-state index is -3.43. The Balaban J connectivity index is 1.87. The molecule has 2 atom stereocenters. The zero-order valence-corrected chi connectivity index (χ0v) is 10.9. The lowest BCUT2D eigenvalue weighted by atomic mass is 10.0. The van der Waals surface area contributed by atoms with Crippen LogP contribution in [0, 0.1) is 11.8 Å². The van der Waals surface area contributed by atoms with Crippen LogP contribution in [0.4, 0.5) is 0 Å². The van der Waals surface area contributed by atoms with Crippen molar-refractivity contribution in [3.05, 3.63) is 24.3 Å². The second-order valence-corrected chi connectivity index (χ2v) is 7.21. The fourth-order valence-electron chi connectivity index (χ4n) is 3.18. The van der Waals surface area contributed by atoms with Crippen molar-refractivity contribution in [2.45, 2.75) is 24.2 Å². The third-order valence-corrected chi connectivity index (χ3v) is 5.98. The average Bonchev–Trinajstić information content (AvgIpc) is 2.89. The summed E-state index contributed by atoms with van der Waals surface area (Å²) in [6.45, 7) is 1.28. The van der Waals surface area contributed by atoms with Crippen LogP contribution in [0.25, 0.3) is 0 Å². The summed E-state index contributed by atoms with van der Waals surface area (Å²) < 4.78 is 26.4. The Morgan fingerprint density at radius 1 is 1.17 bits per heavy atom. The van der Waals surface area contributed by atoms with Crippen molar-refractivity contribution in [1.82, 2.24) is 4.31 Å².